The lowest BCUT2D eigenvalue weighted by atomic mass is 10.0. The predicted molar refractivity (Wildman–Crippen MR) is 73.1 cm³/mol. The number of nitrogens with zero attached hydrogens (tertiary/aromatic N) is 1. The summed E-state index contributed by atoms with van der Waals surface area (Å²) in [6.45, 7) is 0.185. The summed E-state index contributed by atoms with van der Waals surface area (Å²) in [5.74, 6) is 0.286. The molecular weight excluding hydrogens is 256 g/mol. The van der Waals surface area contributed by atoms with Gasteiger partial charge in [-0.2, -0.15) is 5.26 Å². The number of nitrogens with one attached hydrogen (secondary N) is 1. The molecule has 0 aromatic heterocycles. The zero-order valence-corrected chi connectivity index (χ0v) is 11.3. The first kappa shape index (κ1) is 14.4. The van der Waals surface area contributed by atoms with Crippen LogP contribution in [0.5, 0.6) is 5.75 Å². The molecule has 20 heavy (non-hydrogen) atoms. The molecule has 1 aromatic carbocycles. The Bertz CT molecular complexity index is 499. The van der Waals surface area contributed by atoms with Crippen molar-refractivity contribution in [3.05, 3.63) is 29.8 Å². The summed E-state index contributed by atoms with van der Waals surface area (Å²) in [6.07, 6.45) is 3.50. The van der Waals surface area contributed by atoms with E-state index in [1.807, 2.05) is 6.07 Å². The number of hydrogen-bond acceptors (Lipinski definition) is 4. The molecule has 0 heterocycles. The van der Waals surface area contributed by atoms with Crippen molar-refractivity contribution in [2.75, 3.05) is 13.2 Å². The van der Waals surface area contributed by atoms with E-state index in [4.69, 9.17) is 10.00 Å². The molecule has 1 aromatic rings. The minimum atomic E-state index is -0.746. The summed E-state index contributed by atoms with van der Waals surface area (Å²) in [6, 6.07) is 8.58. The summed E-state index contributed by atoms with van der Waals surface area (Å²) < 4.78 is 5.31. The number of amides is 1. The van der Waals surface area contributed by atoms with Crippen LogP contribution < -0.4 is 10.1 Å². The summed E-state index contributed by atoms with van der Waals surface area (Å²) in [4.78, 5) is 11.6. The fourth-order valence-corrected chi connectivity index (χ4v) is 2.30. The van der Waals surface area contributed by atoms with E-state index >= 15 is 0 Å². The number of rotatable bonds is 5. The van der Waals surface area contributed by atoms with Gasteiger partial charge in [0.15, 0.2) is 6.61 Å². The molecule has 0 bridgehead atoms. The van der Waals surface area contributed by atoms with Gasteiger partial charge in [0.25, 0.3) is 5.91 Å². The third kappa shape index (κ3) is 3.97. The smallest absolute Gasteiger partial charge is 0.258 e. The average molecular weight is 274 g/mol. The van der Waals surface area contributed by atoms with Crippen LogP contribution in [0, 0.1) is 11.3 Å². The van der Waals surface area contributed by atoms with Gasteiger partial charge in [-0.1, -0.05) is 12.8 Å². The second-order valence-electron chi connectivity index (χ2n) is 5.13. The molecule has 2 rings (SSSR count). The van der Waals surface area contributed by atoms with E-state index in [9.17, 15) is 9.90 Å². The van der Waals surface area contributed by atoms with E-state index in [0.717, 1.165) is 25.7 Å². The third-order valence-corrected chi connectivity index (χ3v) is 3.50. The molecule has 5 heteroatoms. The molecular formula is C15H18N2O3. The molecule has 1 amide bonds. The number of benzene rings is 1. The maximum absolute atomic E-state index is 11.6. The molecule has 0 aliphatic heterocycles. The van der Waals surface area contributed by atoms with Gasteiger partial charge in [0, 0.05) is 6.54 Å². The number of aliphatic hydroxyl groups is 1. The minimum Gasteiger partial charge on any atom is -0.484 e. The van der Waals surface area contributed by atoms with Gasteiger partial charge in [-0.25, -0.2) is 0 Å². The first-order valence-electron chi connectivity index (χ1n) is 6.73. The van der Waals surface area contributed by atoms with Gasteiger partial charge in [-0.15, -0.1) is 0 Å². The fraction of sp³-hybridized carbons (Fsp3) is 0.467. The zero-order valence-electron chi connectivity index (χ0n) is 11.3. The van der Waals surface area contributed by atoms with Gasteiger partial charge < -0.3 is 15.2 Å². The second kappa shape index (κ2) is 6.40. The molecule has 1 aliphatic rings. The van der Waals surface area contributed by atoms with E-state index in [1.165, 1.54) is 0 Å². The van der Waals surface area contributed by atoms with Gasteiger partial charge >= 0.3 is 0 Å². The largest absolute Gasteiger partial charge is 0.484 e. The van der Waals surface area contributed by atoms with Crippen molar-refractivity contribution in [3.63, 3.8) is 0 Å². The lowest BCUT2D eigenvalue weighted by Crippen LogP contribution is -2.42. The molecule has 1 aliphatic carbocycles. The van der Waals surface area contributed by atoms with Crippen LogP contribution in [-0.2, 0) is 4.79 Å². The Balaban J connectivity index is 1.73. The van der Waals surface area contributed by atoms with Crippen molar-refractivity contribution in [2.24, 2.45) is 0 Å². The first-order chi connectivity index (χ1) is 9.61. The van der Waals surface area contributed by atoms with Gasteiger partial charge in [0.1, 0.15) is 5.75 Å². The Morgan fingerprint density at radius 3 is 2.60 bits per heavy atom. The zero-order chi connectivity index (χ0) is 14.4. The summed E-state index contributed by atoms with van der Waals surface area (Å²) in [5, 5.41) is 21.5. The second-order valence-corrected chi connectivity index (χ2v) is 5.13. The fourth-order valence-electron chi connectivity index (χ4n) is 2.30. The topological polar surface area (TPSA) is 82.3 Å². The third-order valence-electron chi connectivity index (χ3n) is 3.50. The standard InChI is InChI=1S/C15H18N2O3/c16-9-12-3-5-13(6-4-12)20-10-14(18)17-11-15(19)7-1-2-8-15/h3-6,19H,1-2,7-8,10-11H2,(H,17,18). The summed E-state index contributed by atoms with van der Waals surface area (Å²) in [5.41, 5.74) is -0.199. The number of hydrogen-bond donors (Lipinski definition) is 2. The van der Waals surface area contributed by atoms with Gasteiger partial charge in [0.05, 0.1) is 17.2 Å². The van der Waals surface area contributed by atoms with Crippen LogP contribution >= 0.6 is 0 Å². The van der Waals surface area contributed by atoms with Crippen LogP contribution in [0.15, 0.2) is 24.3 Å². The highest BCUT2D eigenvalue weighted by molar-refractivity contribution is 5.77. The number of carbonyl (C=O) groups is 1. The first-order valence-corrected chi connectivity index (χ1v) is 6.73. The number of carbonyl (C=O) groups excluding carboxylic acids is 1. The molecule has 1 saturated carbocycles. The Morgan fingerprint density at radius 1 is 1.35 bits per heavy atom. The predicted octanol–water partition coefficient (Wildman–Crippen LogP) is 1.36. The molecule has 0 atom stereocenters. The summed E-state index contributed by atoms with van der Waals surface area (Å²) in [7, 11) is 0. The highest BCUT2D eigenvalue weighted by Crippen LogP contribution is 2.28. The molecule has 1 fully saturated rings. The van der Waals surface area contributed by atoms with Crippen molar-refractivity contribution in [2.45, 2.75) is 31.3 Å². The molecule has 0 saturated heterocycles. The van der Waals surface area contributed by atoms with Crippen LogP contribution in [-0.4, -0.2) is 29.8 Å². The van der Waals surface area contributed by atoms with E-state index in [0.29, 0.717) is 11.3 Å². The molecule has 0 spiro atoms. The van der Waals surface area contributed by atoms with Crippen LogP contribution in [0.25, 0.3) is 0 Å². The Labute approximate surface area is 118 Å². The van der Waals surface area contributed by atoms with Crippen LogP contribution in [0.2, 0.25) is 0 Å². The molecule has 5 nitrogen and oxygen atoms in total. The van der Waals surface area contributed by atoms with E-state index in [1.54, 1.807) is 24.3 Å². The lowest BCUT2D eigenvalue weighted by Gasteiger charge is -2.22. The summed E-state index contributed by atoms with van der Waals surface area (Å²) >= 11 is 0. The van der Waals surface area contributed by atoms with Crippen LogP contribution in [0.4, 0.5) is 0 Å². The maximum Gasteiger partial charge on any atom is 0.258 e. The van der Waals surface area contributed by atoms with Crippen molar-refractivity contribution >= 4 is 5.91 Å². The molecule has 106 valence electrons. The monoisotopic (exact) mass is 274 g/mol. The van der Waals surface area contributed by atoms with Crippen molar-refractivity contribution in [1.82, 2.24) is 5.32 Å². The van der Waals surface area contributed by atoms with Gasteiger partial charge in [-0.3, -0.25) is 4.79 Å². The van der Waals surface area contributed by atoms with E-state index in [2.05, 4.69) is 5.32 Å². The molecule has 2 N–H and O–H groups in total. The quantitative estimate of drug-likeness (QED) is 0.849. The van der Waals surface area contributed by atoms with Crippen LogP contribution in [0.1, 0.15) is 31.2 Å². The van der Waals surface area contributed by atoms with E-state index < -0.39 is 5.60 Å². The normalized spacial score (nSPS) is 16.4. The van der Waals surface area contributed by atoms with Crippen molar-refractivity contribution < 1.29 is 14.6 Å². The Morgan fingerprint density at radius 2 is 2.00 bits per heavy atom. The average Bonchev–Trinajstić information content (AvgIpc) is 2.91. The highest BCUT2D eigenvalue weighted by atomic mass is 16.5. The highest BCUT2D eigenvalue weighted by Gasteiger charge is 2.31. The van der Waals surface area contributed by atoms with Gasteiger partial charge in [0.2, 0.25) is 0 Å². The van der Waals surface area contributed by atoms with Crippen molar-refractivity contribution in [3.8, 4) is 11.8 Å². The molecule has 0 radical (unpaired) electrons. The van der Waals surface area contributed by atoms with Crippen molar-refractivity contribution in [1.29, 1.82) is 5.26 Å². The van der Waals surface area contributed by atoms with E-state index in [-0.39, 0.29) is 19.1 Å². The van der Waals surface area contributed by atoms with Crippen LogP contribution in [0.3, 0.4) is 0 Å². The SMILES string of the molecule is N#Cc1ccc(OCC(=O)NCC2(O)CCCC2)cc1. The Hall–Kier alpha value is -2.06. The molecule has 0 unspecified atom stereocenters. The minimum absolute atomic E-state index is 0.0953. The number of nitriles is 1. The maximum atomic E-state index is 11.6. The van der Waals surface area contributed by atoms with Gasteiger partial charge in [-0.05, 0) is 37.1 Å². The Kier molecular flexibility index (Phi) is 4.59. The number of ether oxygens (including phenoxy) is 1. The lowest BCUT2D eigenvalue weighted by molar-refractivity contribution is -0.124.